The van der Waals surface area contributed by atoms with Gasteiger partial charge in [0.1, 0.15) is 0 Å². The summed E-state index contributed by atoms with van der Waals surface area (Å²) in [4.78, 5) is 9.16. The van der Waals surface area contributed by atoms with Gasteiger partial charge in [0.15, 0.2) is 5.65 Å². The van der Waals surface area contributed by atoms with Crippen LogP contribution in [-0.2, 0) is 14.8 Å². The first-order valence-electron chi connectivity index (χ1n) is 12.3. The highest BCUT2D eigenvalue weighted by molar-refractivity contribution is 7.90. The number of hydrogen-bond acceptors (Lipinski definition) is 7. The van der Waals surface area contributed by atoms with Crippen molar-refractivity contribution in [1.82, 2.24) is 23.7 Å². The first-order valence-corrected chi connectivity index (χ1v) is 13.7. The Kier molecular flexibility index (Phi) is 6.00. The molecule has 0 aliphatic heterocycles. The summed E-state index contributed by atoms with van der Waals surface area (Å²) in [5.74, 6) is 0.475. The van der Waals surface area contributed by atoms with Gasteiger partial charge < -0.3 is 9.47 Å². The molecule has 0 saturated heterocycles. The van der Waals surface area contributed by atoms with Crippen molar-refractivity contribution >= 4 is 21.1 Å². The molecule has 9 nitrogen and oxygen atoms in total. The molecule has 10 heteroatoms. The second-order valence-electron chi connectivity index (χ2n) is 9.53. The van der Waals surface area contributed by atoms with Crippen LogP contribution in [0.15, 0.2) is 78.3 Å². The molecule has 0 atom stereocenters. The topological polar surface area (TPSA) is 101 Å². The second-order valence-corrected chi connectivity index (χ2v) is 11.3. The van der Waals surface area contributed by atoms with Crippen molar-refractivity contribution in [3.8, 4) is 28.1 Å². The fraction of sp³-hybridized carbons (Fsp3) is 0.250. The molecule has 1 aliphatic rings. The third-order valence-electron chi connectivity index (χ3n) is 7.16. The van der Waals surface area contributed by atoms with Gasteiger partial charge in [-0.15, -0.1) is 0 Å². The predicted molar refractivity (Wildman–Crippen MR) is 144 cm³/mol. The van der Waals surface area contributed by atoms with E-state index in [0.717, 1.165) is 35.1 Å². The molecular formula is C28H27N5O4S. The van der Waals surface area contributed by atoms with Crippen LogP contribution in [-0.4, -0.2) is 52.5 Å². The third-order valence-corrected chi connectivity index (χ3v) is 8.82. The van der Waals surface area contributed by atoms with Crippen molar-refractivity contribution < 1.29 is 17.9 Å². The van der Waals surface area contributed by atoms with E-state index in [0.29, 0.717) is 28.5 Å². The van der Waals surface area contributed by atoms with Gasteiger partial charge in [0, 0.05) is 65.6 Å². The monoisotopic (exact) mass is 529 g/mol. The molecule has 4 aromatic heterocycles. The number of ether oxygens (including phenoxy) is 2. The molecule has 0 unspecified atom stereocenters. The Morgan fingerprint density at radius 2 is 1.66 bits per heavy atom. The highest BCUT2D eigenvalue weighted by atomic mass is 32.2. The Hall–Kier alpha value is -4.02. The molecule has 0 N–H and O–H groups in total. The molecule has 0 amide bonds. The SMILES string of the molecule is COc1ccc(-c2cn(S(=O)(=O)c3ccc(C)cc3)c3ncc(-c4cnn(C5CC(OC)C5)c4)cc23)cn1. The fourth-order valence-corrected chi connectivity index (χ4v) is 6.09. The lowest BCUT2D eigenvalue weighted by molar-refractivity contribution is 0.00250. The van der Waals surface area contributed by atoms with Gasteiger partial charge in [-0.1, -0.05) is 17.7 Å². The number of rotatable bonds is 7. The van der Waals surface area contributed by atoms with Gasteiger partial charge in [0.2, 0.25) is 5.88 Å². The van der Waals surface area contributed by atoms with Crippen molar-refractivity contribution in [3.63, 3.8) is 0 Å². The minimum atomic E-state index is -3.89. The molecule has 0 bridgehead atoms. The zero-order valence-corrected chi connectivity index (χ0v) is 22.1. The molecular weight excluding hydrogens is 502 g/mol. The number of pyridine rings is 2. The number of nitrogens with zero attached hydrogens (tertiary/aromatic N) is 5. The van der Waals surface area contributed by atoms with E-state index in [4.69, 9.17) is 9.47 Å². The van der Waals surface area contributed by atoms with Crippen LogP contribution in [0.4, 0.5) is 0 Å². The van der Waals surface area contributed by atoms with Crippen LogP contribution in [0.3, 0.4) is 0 Å². The molecule has 5 aromatic rings. The third kappa shape index (κ3) is 4.15. The summed E-state index contributed by atoms with van der Waals surface area (Å²) in [6.45, 7) is 1.92. The lowest BCUT2D eigenvalue weighted by atomic mass is 9.89. The van der Waals surface area contributed by atoms with Crippen LogP contribution < -0.4 is 4.74 Å². The zero-order chi connectivity index (χ0) is 26.4. The van der Waals surface area contributed by atoms with Gasteiger partial charge in [-0.25, -0.2) is 22.4 Å². The highest BCUT2D eigenvalue weighted by Crippen LogP contribution is 2.37. The van der Waals surface area contributed by atoms with Crippen LogP contribution in [0, 0.1) is 6.92 Å². The molecule has 1 aliphatic carbocycles. The fourth-order valence-electron chi connectivity index (χ4n) is 4.77. The predicted octanol–water partition coefficient (Wildman–Crippen LogP) is 4.87. The standard InChI is InChI=1S/C28H27N5O4S/c1-18-4-7-24(8-5-18)38(34,35)33-17-26(19-6-9-27(37-3)29-13-19)25-10-20(14-30-28(25)33)21-15-31-32(16-21)22-11-23(12-22)36-2/h4-10,13-17,22-23H,11-12H2,1-3H3. The average Bonchev–Trinajstić information content (AvgIpc) is 3.54. The van der Waals surface area contributed by atoms with E-state index in [-0.39, 0.29) is 11.0 Å². The van der Waals surface area contributed by atoms with E-state index >= 15 is 0 Å². The lowest BCUT2D eigenvalue weighted by Gasteiger charge is -2.34. The number of aryl methyl sites for hydroxylation is 1. The maximum absolute atomic E-state index is 13.7. The molecule has 0 spiro atoms. The van der Waals surface area contributed by atoms with Crippen molar-refractivity contribution in [2.75, 3.05) is 14.2 Å². The summed E-state index contributed by atoms with van der Waals surface area (Å²) in [5, 5.41) is 5.26. The zero-order valence-electron chi connectivity index (χ0n) is 21.3. The Morgan fingerprint density at radius 3 is 2.34 bits per heavy atom. The summed E-state index contributed by atoms with van der Waals surface area (Å²) >= 11 is 0. The van der Waals surface area contributed by atoms with Crippen LogP contribution in [0.1, 0.15) is 24.4 Å². The molecule has 194 valence electrons. The minimum absolute atomic E-state index is 0.196. The Bertz CT molecular complexity index is 1720. The van der Waals surface area contributed by atoms with E-state index in [2.05, 4.69) is 15.1 Å². The Labute approximate surface area is 220 Å². The molecule has 1 fully saturated rings. The van der Waals surface area contributed by atoms with Gasteiger partial charge >= 0.3 is 0 Å². The largest absolute Gasteiger partial charge is 0.481 e. The van der Waals surface area contributed by atoms with Crippen LogP contribution >= 0.6 is 0 Å². The smallest absolute Gasteiger partial charge is 0.269 e. The number of hydrogen-bond donors (Lipinski definition) is 0. The maximum Gasteiger partial charge on any atom is 0.269 e. The summed E-state index contributed by atoms with van der Waals surface area (Å²) in [5.41, 5.74) is 4.54. The summed E-state index contributed by atoms with van der Waals surface area (Å²) in [6, 6.07) is 12.7. The van der Waals surface area contributed by atoms with Crippen molar-refractivity contribution in [3.05, 3.63) is 79.0 Å². The summed E-state index contributed by atoms with van der Waals surface area (Å²) < 4.78 is 41.2. The van der Waals surface area contributed by atoms with Crippen molar-refractivity contribution in [2.24, 2.45) is 0 Å². The van der Waals surface area contributed by atoms with E-state index < -0.39 is 10.0 Å². The van der Waals surface area contributed by atoms with Gasteiger partial charge in [-0.05, 0) is 44.0 Å². The molecule has 0 radical (unpaired) electrons. The van der Waals surface area contributed by atoms with Gasteiger partial charge in [-0.3, -0.25) is 4.68 Å². The van der Waals surface area contributed by atoms with E-state index in [1.807, 2.05) is 36.1 Å². The molecule has 4 heterocycles. The van der Waals surface area contributed by atoms with Crippen LogP contribution in [0.25, 0.3) is 33.3 Å². The van der Waals surface area contributed by atoms with E-state index in [9.17, 15) is 8.42 Å². The number of fused-ring (bicyclic) bond motifs is 1. The molecule has 1 aromatic carbocycles. The molecule has 38 heavy (non-hydrogen) atoms. The lowest BCUT2D eigenvalue weighted by Crippen LogP contribution is -2.32. The highest BCUT2D eigenvalue weighted by Gasteiger charge is 2.31. The number of methoxy groups -OCH3 is 2. The second kappa shape index (κ2) is 9.38. The van der Waals surface area contributed by atoms with Crippen molar-refractivity contribution in [2.45, 2.75) is 36.8 Å². The van der Waals surface area contributed by atoms with Gasteiger partial charge in [-0.2, -0.15) is 5.10 Å². The average molecular weight is 530 g/mol. The van der Waals surface area contributed by atoms with Crippen molar-refractivity contribution in [1.29, 1.82) is 0 Å². The Balaban J connectivity index is 1.47. The Morgan fingerprint density at radius 1 is 0.895 bits per heavy atom. The van der Waals surface area contributed by atoms with Gasteiger partial charge in [0.25, 0.3) is 10.0 Å². The normalized spacial score (nSPS) is 17.4. The summed E-state index contributed by atoms with van der Waals surface area (Å²) in [7, 11) is -0.603. The minimum Gasteiger partial charge on any atom is -0.481 e. The number of aromatic nitrogens is 5. The van der Waals surface area contributed by atoms with Gasteiger partial charge in [0.05, 0.1) is 30.3 Å². The molecule has 6 rings (SSSR count). The number of benzene rings is 1. The first-order chi connectivity index (χ1) is 18.4. The summed E-state index contributed by atoms with van der Waals surface area (Å²) in [6.07, 6.45) is 11.0. The quantitative estimate of drug-likeness (QED) is 0.297. The van der Waals surface area contributed by atoms with E-state index in [1.165, 1.54) is 3.97 Å². The van der Waals surface area contributed by atoms with Crippen LogP contribution in [0.5, 0.6) is 5.88 Å². The first kappa shape index (κ1) is 24.3. The molecule has 1 saturated carbocycles. The van der Waals surface area contributed by atoms with Crippen LogP contribution in [0.2, 0.25) is 0 Å². The van der Waals surface area contributed by atoms with E-state index in [1.54, 1.807) is 63.1 Å². The maximum atomic E-state index is 13.7.